The van der Waals surface area contributed by atoms with E-state index in [1.54, 1.807) is 0 Å². The van der Waals surface area contributed by atoms with Gasteiger partial charge in [0.1, 0.15) is 232 Å². The number of rotatable bonds is 33. The Labute approximate surface area is 669 Å². The fourth-order valence-electron chi connectivity index (χ4n) is 15.1. The molecule has 0 saturated carbocycles. The van der Waals surface area contributed by atoms with Crippen molar-refractivity contribution < 1.29 is 243 Å². The van der Waals surface area contributed by atoms with Crippen LogP contribution in [-0.2, 0) is 99.6 Å². The minimum absolute atomic E-state index is 0.904. The van der Waals surface area contributed by atoms with E-state index in [1.807, 2.05) is 0 Å². The monoisotopic (exact) mass is 1730 g/mol. The summed E-state index contributed by atoms with van der Waals surface area (Å²) < 4.78 is 107. The van der Waals surface area contributed by atoms with Crippen molar-refractivity contribution in [2.45, 2.75) is 335 Å². The van der Waals surface area contributed by atoms with E-state index in [0.29, 0.717) is 0 Å². The molecule has 0 radical (unpaired) electrons. The number of carbonyl (C=O) groups excluding carboxylic acids is 3. The normalized spacial score (nSPS) is 48.2. The van der Waals surface area contributed by atoms with E-state index in [2.05, 4.69) is 16.0 Å². The second kappa shape index (κ2) is 43.2. The van der Waals surface area contributed by atoms with Crippen molar-refractivity contribution in [3.8, 4) is 0 Å². The standard InChI is InChI=1S/C66H113N3O49/c1-15-32(84)41(93)44(96)61(101-15)114-53-31(69-19(5)81)60(117-56-38(90)24(10-74)104-64(47(56)99)111-50-26(12-76)107-58(29(39(50)91)67-17(3)79)115-54-36(88)23(9-73)103-63(46(54)98)110-49(21(83)7-71)34(86)20(82)6-70)109-28(14-78)52(53)113-65-48(100)55(37(89)25(11-75)105-65)116-59-30(68-18(4)80)40(92)51(27(13-77)108-59)112-66-57(43(95)35(87)22(8-72)106-66)118-62-45(97)42(94)33(85)16(2)102-62/h15-16,20-66,70-78,82-100H,6-14H2,1-5H3,(H,67,79)(H,68,80)(H,69,81)/t15-,16-,20-,21+,22+,23+,24+,25+,26+,27+,28+,29+,30+,31+,32+,33+,34+,35-,36-,37-,38-,39+,40+,41+,42+,43-,44-,45-,46+,47+,48+,49+,50+,51+,52+,53+,54-,55-,56-,57+,58-,59-,60-,61-,62-,63-,64-,65-,66-/m0/s1. The topological polar surface area (TPSA) is 820 Å². The van der Waals surface area contributed by atoms with Crippen LogP contribution in [0, 0.1) is 0 Å². The van der Waals surface area contributed by atoms with Gasteiger partial charge in [-0.3, -0.25) is 14.4 Å². The third-order valence-corrected chi connectivity index (χ3v) is 21.7. The Balaban J connectivity index is 0.985. The molecule has 9 saturated heterocycles. The second-order valence-electron chi connectivity index (χ2n) is 29.9. The Bertz CT molecular complexity index is 3090. The summed E-state index contributed by atoms with van der Waals surface area (Å²) in [6, 6.07) is -5.99. The molecule has 0 aromatic rings. The summed E-state index contributed by atoms with van der Waals surface area (Å²) in [7, 11) is 0. The van der Waals surface area contributed by atoms with Crippen molar-refractivity contribution in [1.29, 1.82) is 0 Å². The van der Waals surface area contributed by atoms with Crippen LogP contribution in [0.2, 0.25) is 0 Å². The lowest BCUT2D eigenvalue weighted by Crippen LogP contribution is -2.72. The van der Waals surface area contributed by atoms with Crippen molar-refractivity contribution in [3.63, 3.8) is 0 Å². The number of hydrogen-bond acceptors (Lipinski definition) is 49. The van der Waals surface area contributed by atoms with E-state index in [9.17, 15) is 157 Å². The molecule has 9 aliphatic rings. The molecule has 52 nitrogen and oxygen atoms in total. The van der Waals surface area contributed by atoms with Crippen molar-refractivity contribution >= 4 is 17.7 Å². The van der Waals surface area contributed by atoms with Crippen LogP contribution in [0.5, 0.6) is 0 Å². The highest BCUT2D eigenvalue weighted by atomic mass is 16.8. The third-order valence-electron chi connectivity index (χ3n) is 21.7. The quantitative estimate of drug-likeness (QED) is 0.0290. The van der Waals surface area contributed by atoms with Gasteiger partial charge in [-0.1, -0.05) is 0 Å². The van der Waals surface area contributed by atoms with Gasteiger partial charge in [0.15, 0.2) is 56.6 Å². The molecule has 686 valence electrons. The van der Waals surface area contributed by atoms with E-state index >= 15 is 0 Å². The molecule has 0 aliphatic carbocycles. The summed E-state index contributed by atoms with van der Waals surface area (Å²) in [5.41, 5.74) is 0. The summed E-state index contributed by atoms with van der Waals surface area (Å²) in [5.74, 6) is -2.95. The maximum absolute atomic E-state index is 13.6. The molecule has 0 unspecified atom stereocenters. The molecule has 9 rings (SSSR count). The SMILES string of the molecule is CC(=O)N[C@H]1[C@H](O[C@H]2[C@@H](O)[C@@H](CO)O[C@@H](O[C@@H]([C@H](O)[C@@H](O)CO)[C@H](O)CO)[C@@H]2O)O[C@H](CO)[C@@H](O[C@@H]2O[C@H](CO)[C@H](O)[C@H](O[C@@H]3O[C@H](CO)[C@@H](O[C@@H]4O[C@H](CO)[C@H](O)[C@H](O[C@@H]5O[C@H](CO)[C@@H](O[C@@H]6O[C@H](CO)[C@H](O)[C@H](O)[C@H]6O[C@@H]6O[C@@H](C)[C@@H](O)[C@@H](O)[C@@H]6O)[C@H](O)[C@H]5NC(C)=O)[C@H]4O)[C@H](O[C@@H]4O[C@@H](C)[C@@H](O)[C@@H](O)[C@@H]4O)[C@H]3NC(C)=O)[C@H]2O)[C@@H]1O. The van der Waals surface area contributed by atoms with Gasteiger partial charge in [0.05, 0.1) is 71.7 Å². The number of amides is 3. The molecule has 52 heteroatoms. The molecule has 49 atom stereocenters. The van der Waals surface area contributed by atoms with Gasteiger partial charge in [0.2, 0.25) is 17.7 Å². The van der Waals surface area contributed by atoms with Gasteiger partial charge in [-0.2, -0.15) is 0 Å². The zero-order valence-corrected chi connectivity index (χ0v) is 63.7. The van der Waals surface area contributed by atoms with Gasteiger partial charge in [0, 0.05) is 20.8 Å². The first-order chi connectivity index (χ1) is 55.8. The van der Waals surface area contributed by atoms with Gasteiger partial charge in [-0.15, -0.1) is 0 Å². The fraction of sp³-hybridized carbons (Fsp3) is 0.955. The highest BCUT2D eigenvalue weighted by molar-refractivity contribution is 5.74. The lowest BCUT2D eigenvalue weighted by Gasteiger charge is -2.52. The Hall–Kier alpha value is -3.43. The Morgan fingerprint density at radius 2 is 0.559 bits per heavy atom. The first kappa shape index (κ1) is 98.4. The minimum atomic E-state index is -2.47. The van der Waals surface area contributed by atoms with Crippen LogP contribution in [0.4, 0.5) is 0 Å². The van der Waals surface area contributed by atoms with Crippen molar-refractivity contribution in [3.05, 3.63) is 0 Å². The molecule has 9 fully saturated rings. The molecule has 9 heterocycles. The van der Waals surface area contributed by atoms with E-state index < -0.39 is 378 Å². The van der Waals surface area contributed by atoms with E-state index in [0.717, 1.165) is 20.8 Å². The van der Waals surface area contributed by atoms with Gasteiger partial charge in [-0.25, -0.2) is 0 Å². The number of ether oxygens (including phenoxy) is 18. The Morgan fingerprint density at radius 3 is 0.941 bits per heavy atom. The lowest BCUT2D eigenvalue weighted by atomic mass is 9.93. The average Bonchev–Trinajstić information content (AvgIpc) is 0.764. The molecular formula is C66H113N3O49. The Kier molecular flexibility index (Phi) is 36.0. The highest BCUT2D eigenvalue weighted by Crippen LogP contribution is 2.41. The molecule has 0 bridgehead atoms. The van der Waals surface area contributed by atoms with Crippen LogP contribution in [0.1, 0.15) is 34.6 Å². The van der Waals surface area contributed by atoms with Gasteiger partial charge in [-0.05, 0) is 13.8 Å². The molecule has 9 aliphatic heterocycles. The van der Waals surface area contributed by atoms with Crippen LogP contribution in [-0.4, -0.2) is 521 Å². The molecule has 118 heavy (non-hydrogen) atoms. The van der Waals surface area contributed by atoms with E-state index in [4.69, 9.17) is 85.3 Å². The van der Waals surface area contributed by atoms with Crippen LogP contribution in [0.25, 0.3) is 0 Å². The molecule has 31 N–H and O–H groups in total. The summed E-state index contributed by atoms with van der Waals surface area (Å²) in [5, 5.41) is 316. The van der Waals surface area contributed by atoms with Gasteiger partial charge < -0.3 is 244 Å². The maximum Gasteiger partial charge on any atom is 0.217 e. The highest BCUT2D eigenvalue weighted by Gasteiger charge is 2.62. The minimum Gasteiger partial charge on any atom is -0.394 e. The smallest absolute Gasteiger partial charge is 0.217 e. The number of aliphatic hydroxyl groups is 28. The second-order valence-corrected chi connectivity index (χ2v) is 29.9. The first-order valence-corrected chi connectivity index (χ1v) is 37.8. The molecule has 0 aromatic carbocycles. The predicted molar refractivity (Wildman–Crippen MR) is 364 cm³/mol. The van der Waals surface area contributed by atoms with E-state index in [-0.39, 0.29) is 0 Å². The number of aliphatic hydroxyl groups excluding tert-OH is 28. The zero-order valence-electron chi connectivity index (χ0n) is 63.7. The van der Waals surface area contributed by atoms with Crippen molar-refractivity contribution in [1.82, 2.24) is 16.0 Å². The molecule has 3 amide bonds. The average molecular weight is 1730 g/mol. The summed E-state index contributed by atoms with van der Waals surface area (Å²) in [6.07, 6.45) is -94.9. The van der Waals surface area contributed by atoms with Gasteiger partial charge in [0.25, 0.3) is 0 Å². The van der Waals surface area contributed by atoms with Crippen LogP contribution >= 0.6 is 0 Å². The third kappa shape index (κ3) is 21.6. The zero-order chi connectivity index (χ0) is 87.2. The number of hydrogen-bond donors (Lipinski definition) is 31. The van der Waals surface area contributed by atoms with Crippen LogP contribution < -0.4 is 16.0 Å². The van der Waals surface area contributed by atoms with Gasteiger partial charge >= 0.3 is 0 Å². The molecule has 0 spiro atoms. The van der Waals surface area contributed by atoms with Crippen LogP contribution in [0.15, 0.2) is 0 Å². The Morgan fingerprint density at radius 1 is 0.271 bits per heavy atom. The number of carbonyl (C=O) groups is 3. The maximum atomic E-state index is 13.6. The van der Waals surface area contributed by atoms with Crippen molar-refractivity contribution in [2.24, 2.45) is 0 Å². The van der Waals surface area contributed by atoms with E-state index in [1.165, 1.54) is 13.8 Å². The molecule has 0 aromatic heterocycles. The summed E-state index contributed by atoms with van der Waals surface area (Å²) in [6.45, 7) is -5.14. The van der Waals surface area contributed by atoms with Crippen LogP contribution in [0.3, 0.4) is 0 Å². The lowest BCUT2D eigenvalue weighted by molar-refractivity contribution is -0.399. The largest absolute Gasteiger partial charge is 0.394 e. The first-order valence-electron chi connectivity index (χ1n) is 37.8. The molecular weight excluding hydrogens is 1620 g/mol. The summed E-state index contributed by atoms with van der Waals surface area (Å²) in [4.78, 5) is 39.5. The number of nitrogens with one attached hydrogen (secondary N) is 3. The predicted octanol–water partition coefficient (Wildman–Crippen LogP) is -20.7. The van der Waals surface area contributed by atoms with Crippen molar-refractivity contribution in [2.75, 3.05) is 59.5 Å². The fourth-order valence-corrected chi connectivity index (χ4v) is 15.1. The summed E-state index contributed by atoms with van der Waals surface area (Å²) >= 11 is 0.